The molecule has 132 valence electrons. The number of aryl methyl sites for hydroxylation is 1. The largest absolute Gasteiger partial charge is 0.303 e. The lowest BCUT2D eigenvalue weighted by Crippen LogP contribution is -2.28. The molecular formula is C19H25N5S. The van der Waals surface area contributed by atoms with Crippen molar-refractivity contribution in [1.29, 1.82) is 0 Å². The fourth-order valence-electron chi connectivity index (χ4n) is 3.77. The van der Waals surface area contributed by atoms with Gasteiger partial charge in [-0.05, 0) is 45.0 Å². The van der Waals surface area contributed by atoms with Crippen LogP contribution in [0, 0.1) is 12.8 Å². The van der Waals surface area contributed by atoms with Gasteiger partial charge in [0, 0.05) is 37.3 Å². The second kappa shape index (κ2) is 7.23. The molecule has 0 aliphatic carbocycles. The zero-order chi connectivity index (χ0) is 17.2. The van der Waals surface area contributed by atoms with E-state index in [1.807, 2.05) is 17.8 Å². The average molecular weight is 356 g/mol. The van der Waals surface area contributed by atoms with Crippen LogP contribution in [0.3, 0.4) is 0 Å². The van der Waals surface area contributed by atoms with Crippen molar-refractivity contribution >= 4 is 17.0 Å². The van der Waals surface area contributed by atoms with Crippen LogP contribution in [-0.2, 0) is 13.1 Å². The van der Waals surface area contributed by atoms with E-state index >= 15 is 0 Å². The van der Waals surface area contributed by atoms with Crippen LogP contribution in [0.15, 0.2) is 36.1 Å². The van der Waals surface area contributed by atoms with E-state index in [1.54, 1.807) is 11.3 Å². The monoisotopic (exact) mass is 355 g/mol. The van der Waals surface area contributed by atoms with Gasteiger partial charge in [0.15, 0.2) is 0 Å². The number of pyridine rings is 1. The molecule has 0 aromatic carbocycles. The molecule has 3 aromatic heterocycles. The number of hydrogen-bond acceptors (Lipinski definition) is 5. The maximum Gasteiger partial charge on any atom is 0.136 e. The lowest BCUT2D eigenvalue weighted by atomic mass is 10.1. The number of thiazole rings is 1. The summed E-state index contributed by atoms with van der Waals surface area (Å²) in [6.45, 7) is 7.61. The Kier molecular flexibility index (Phi) is 4.83. The van der Waals surface area contributed by atoms with Crippen molar-refractivity contribution in [3.8, 4) is 0 Å². The number of nitrogens with zero attached hydrogens (tertiary/aromatic N) is 5. The number of aromatic nitrogens is 3. The SMILES string of the molecule is Cc1ncsc1CN(C)C[C@@H]1CCN(Cc2cnc3ccccn23)C1. The Morgan fingerprint density at radius 3 is 3.08 bits per heavy atom. The van der Waals surface area contributed by atoms with E-state index in [1.165, 1.54) is 35.8 Å². The number of imidazole rings is 1. The standard InChI is InChI=1S/C19H25N5S/c1-15-18(25-14-21-15)13-22(2)10-16-6-8-23(11-16)12-17-9-20-19-5-3-4-7-24(17)19/h3-5,7,9,14,16H,6,8,10-13H2,1-2H3/t16-/m0/s1. The molecule has 5 nitrogen and oxygen atoms in total. The first-order valence-corrected chi connectivity index (χ1v) is 9.78. The summed E-state index contributed by atoms with van der Waals surface area (Å²) >= 11 is 1.77. The van der Waals surface area contributed by atoms with E-state index in [0.717, 1.165) is 31.2 Å². The van der Waals surface area contributed by atoms with E-state index in [-0.39, 0.29) is 0 Å². The molecule has 1 fully saturated rings. The third kappa shape index (κ3) is 3.76. The third-order valence-electron chi connectivity index (χ3n) is 5.08. The Balaban J connectivity index is 1.31. The zero-order valence-corrected chi connectivity index (χ0v) is 15.7. The highest BCUT2D eigenvalue weighted by molar-refractivity contribution is 7.09. The van der Waals surface area contributed by atoms with Gasteiger partial charge in [-0.1, -0.05) is 6.07 Å². The molecule has 25 heavy (non-hydrogen) atoms. The van der Waals surface area contributed by atoms with E-state index in [9.17, 15) is 0 Å². The van der Waals surface area contributed by atoms with Crippen LogP contribution in [0.1, 0.15) is 22.7 Å². The van der Waals surface area contributed by atoms with Crippen LogP contribution in [0.4, 0.5) is 0 Å². The molecule has 4 rings (SSSR count). The van der Waals surface area contributed by atoms with Crippen molar-refractivity contribution in [3.05, 3.63) is 52.4 Å². The quantitative estimate of drug-likeness (QED) is 0.681. The highest BCUT2D eigenvalue weighted by atomic mass is 32.1. The first kappa shape index (κ1) is 16.7. The van der Waals surface area contributed by atoms with Gasteiger partial charge in [-0.2, -0.15) is 0 Å². The van der Waals surface area contributed by atoms with E-state index in [2.05, 4.69) is 56.5 Å². The Morgan fingerprint density at radius 2 is 2.24 bits per heavy atom. The van der Waals surface area contributed by atoms with Crippen molar-refractivity contribution in [2.24, 2.45) is 5.92 Å². The molecule has 3 aromatic rings. The van der Waals surface area contributed by atoms with E-state index in [4.69, 9.17) is 0 Å². The lowest BCUT2D eigenvalue weighted by Gasteiger charge is -2.21. The van der Waals surface area contributed by atoms with E-state index in [0.29, 0.717) is 0 Å². The fourth-order valence-corrected chi connectivity index (χ4v) is 4.62. The highest BCUT2D eigenvalue weighted by Gasteiger charge is 2.24. The van der Waals surface area contributed by atoms with Gasteiger partial charge < -0.3 is 9.30 Å². The van der Waals surface area contributed by atoms with Crippen LogP contribution in [0.25, 0.3) is 5.65 Å². The number of likely N-dealkylation sites (tertiary alicyclic amines) is 1. The number of fused-ring (bicyclic) bond motifs is 1. The van der Waals surface area contributed by atoms with E-state index < -0.39 is 0 Å². The first-order chi connectivity index (χ1) is 12.2. The molecule has 1 aliphatic heterocycles. The average Bonchev–Trinajstić information content (AvgIpc) is 3.31. The van der Waals surface area contributed by atoms with Gasteiger partial charge in [0.25, 0.3) is 0 Å². The predicted molar refractivity (Wildman–Crippen MR) is 102 cm³/mol. The van der Waals surface area contributed by atoms with Gasteiger partial charge in [0.2, 0.25) is 0 Å². The predicted octanol–water partition coefficient (Wildman–Crippen LogP) is 3.05. The van der Waals surface area contributed by atoms with Crippen molar-refractivity contribution in [1.82, 2.24) is 24.2 Å². The van der Waals surface area contributed by atoms with Crippen LogP contribution < -0.4 is 0 Å². The molecule has 0 amide bonds. The van der Waals surface area contributed by atoms with Crippen molar-refractivity contribution in [2.45, 2.75) is 26.4 Å². The van der Waals surface area contributed by atoms with Crippen molar-refractivity contribution < 1.29 is 0 Å². The van der Waals surface area contributed by atoms with Gasteiger partial charge in [-0.25, -0.2) is 9.97 Å². The Hall–Kier alpha value is -1.76. The molecular weight excluding hydrogens is 330 g/mol. The molecule has 1 atom stereocenters. The molecule has 6 heteroatoms. The topological polar surface area (TPSA) is 36.7 Å². The summed E-state index contributed by atoms with van der Waals surface area (Å²) in [4.78, 5) is 15.3. The minimum Gasteiger partial charge on any atom is -0.303 e. The molecule has 0 spiro atoms. The summed E-state index contributed by atoms with van der Waals surface area (Å²) in [6, 6.07) is 6.17. The van der Waals surface area contributed by atoms with Gasteiger partial charge in [0.05, 0.1) is 23.1 Å². The summed E-state index contributed by atoms with van der Waals surface area (Å²) in [5.74, 6) is 0.748. The number of hydrogen-bond donors (Lipinski definition) is 0. The van der Waals surface area contributed by atoms with Gasteiger partial charge in [-0.15, -0.1) is 11.3 Å². The molecule has 1 saturated heterocycles. The second-order valence-electron chi connectivity index (χ2n) is 7.13. The lowest BCUT2D eigenvalue weighted by molar-refractivity contribution is 0.254. The molecule has 0 saturated carbocycles. The van der Waals surface area contributed by atoms with Crippen molar-refractivity contribution in [3.63, 3.8) is 0 Å². The van der Waals surface area contributed by atoms with Crippen LogP contribution in [0.2, 0.25) is 0 Å². The summed E-state index contributed by atoms with van der Waals surface area (Å²) in [5.41, 5.74) is 5.45. The van der Waals surface area contributed by atoms with Crippen LogP contribution in [-0.4, -0.2) is 50.9 Å². The van der Waals surface area contributed by atoms with Gasteiger partial charge >= 0.3 is 0 Å². The third-order valence-corrected chi connectivity index (χ3v) is 6.00. The molecule has 0 N–H and O–H groups in total. The normalized spacial score (nSPS) is 18.6. The Labute approximate surface area is 152 Å². The minimum absolute atomic E-state index is 0.748. The molecule has 0 bridgehead atoms. The van der Waals surface area contributed by atoms with Gasteiger partial charge in [-0.3, -0.25) is 4.90 Å². The summed E-state index contributed by atoms with van der Waals surface area (Å²) in [7, 11) is 2.23. The number of rotatable bonds is 6. The minimum atomic E-state index is 0.748. The highest BCUT2D eigenvalue weighted by Crippen LogP contribution is 2.21. The molecule has 0 radical (unpaired) electrons. The summed E-state index contributed by atoms with van der Waals surface area (Å²) in [6.07, 6.45) is 5.40. The molecule has 0 unspecified atom stereocenters. The summed E-state index contributed by atoms with van der Waals surface area (Å²) in [5, 5.41) is 0. The maximum atomic E-state index is 4.50. The smallest absolute Gasteiger partial charge is 0.136 e. The fraction of sp³-hybridized carbons (Fsp3) is 0.474. The van der Waals surface area contributed by atoms with Crippen molar-refractivity contribution in [2.75, 3.05) is 26.7 Å². The zero-order valence-electron chi connectivity index (χ0n) is 14.9. The first-order valence-electron chi connectivity index (χ1n) is 8.90. The Morgan fingerprint density at radius 1 is 1.32 bits per heavy atom. The van der Waals surface area contributed by atoms with Crippen LogP contribution in [0.5, 0.6) is 0 Å². The maximum absolute atomic E-state index is 4.50. The Bertz CT molecular complexity index is 839. The second-order valence-corrected chi connectivity index (χ2v) is 8.07. The summed E-state index contributed by atoms with van der Waals surface area (Å²) < 4.78 is 2.20. The molecule has 1 aliphatic rings. The van der Waals surface area contributed by atoms with Crippen LogP contribution >= 0.6 is 11.3 Å². The van der Waals surface area contributed by atoms with Gasteiger partial charge in [0.1, 0.15) is 5.65 Å². The molecule has 4 heterocycles.